The van der Waals surface area contributed by atoms with Crippen LogP contribution < -0.4 is 5.32 Å². The molecule has 1 spiro atoms. The van der Waals surface area contributed by atoms with E-state index in [2.05, 4.69) is 17.3 Å². The van der Waals surface area contributed by atoms with Gasteiger partial charge in [-0.25, -0.2) is 0 Å². The van der Waals surface area contributed by atoms with Gasteiger partial charge in [-0.2, -0.15) is 0 Å². The van der Waals surface area contributed by atoms with Crippen molar-refractivity contribution < 1.29 is 9.90 Å². The molecule has 2 fully saturated rings. The van der Waals surface area contributed by atoms with Crippen LogP contribution in [0.2, 0.25) is 0 Å². The second-order valence-corrected chi connectivity index (χ2v) is 8.07. The number of nitrogens with zero attached hydrogens (tertiary/aromatic N) is 2. The number of carbonyl (C=O) groups excluding carboxylic acids is 1. The van der Waals surface area contributed by atoms with Gasteiger partial charge in [0.25, 0.3) is 5.91 Å². The highest BCUT2D eigenvalue weighted by Gasteiger charge is 2.40. The van der Waals surface area contributed by atoms with Gasteiger partial charge in [0.2, 0.25) is 0 Å². The fourth-order valence-electron chi connectivity index (χ4n) is 4.59. The minimum atomic E-state index is 0. The van der Waals surface area contributed by atoms with Crippen LogP contribution in [0.15, 0.2) is 48.5 Å². The smallest absolute Gasteiger partial charge is 0.253 e. The lowest BCUT2D eigenvalue weighted by Gasteiger charge is -2.45. The highest BCUT2D eigenvalue weighted by molar-refractivity contribution is 5.95. The van der Waals surface area contributed by atoms with E-state index < -0.39 is 0 Å². The summed E-state index contributed by atoms with van der Waals surface area (Å²) in [6.45, 7) is 4.67. The molecule has 0 aromatic heterocycles. The van der Waals surface area contributed by atoms with Crippen LogP contribution >= 0.6 is 24.8 Å². The molecule has 0 unspecified atom stereocenters. The van der Waals surface area contributed by atoms with Gasteiger partial charge in [-0.3, -0.25) is 9.69 Å². The van der Waals surface area contributed by atoms with Crippen molar-refractivity contribution in [1.82, 2.24) is 15.1 Å². The third-order valence-electron chi connectivity index (χ3n) is 6.38. The fourth-order valence-corrected chi connectivity index (χ4v) is 4.59. The topological polar surface area (TPSA) is 55.8 Å². The van der Waals surface area contributed by atoms with Crippen molar-refractivity contribution in [3.8, 4) is 16.9 Å². The molecule has 0 saturated carbocycles. The number of hydrogen-bond donors (Lipinski definition) is 2. The Morgan fingerprint density at radius 1 is 1.00 bits per heavy atom. The van der Waals surface area contributed by atoms with Gasteiger partial charge in [-0.1, -0.05) is 30.3 Å². The Bertz CT molecular complexity index is 839. The summed E-state index contributed by atoms with van der Waals surface area (Å²) in [5.74, 6) is 0.363. The van der Waals surface area contributed by atoms with Crippen molar-refractivity contribution in [1.29, 1.82) is 0 Å². The van der Waals surface area contributed by atoms with E-state index in [1.165, 1.54) is 0 Å². The molecule has 2 aromatic rings. The largest absolute Gasteiger partial charge is 0.507 e. The molecular weight excluding hydrogens is 421 g/mol. The number of halogens is 2. The van der Waals surface area contributed by atoms with Crippen molar-refractivity contribution in [2.45, 2.75) is 24.8 Å². The second-order valence-electron chi connectivity index (χ2n) is 8.07. The Morgan fingerprint density at radius 2 is 1.67 bits per heavy atom. The van der Waals surface area contributed by atoms with Gasteiger partial charge in [0.15, 0.2) is 0 Å². The van der Waals surface area contributed by atoms with Crippen LogP contribution in [0.5, 0.6) is 5.75 Å². The highest BCUT2D eigenvalue weighted by Crippen LogP contribution is 2.31. The molecule has 0 aliphatic carbocycles. The van der Waals surface area contributed by atoms with Crippen LogP contribution in [0, 0.1) is 0 Å². The molecule has 30 heavy (non-hydrogen) atoms. The first-order chi connectivity index (χ1) is 13.6. The summed E-state index contributed by atoms with van der Waals surface area (Å²) in [6, 6.07) is 14.9. The number of para-hydroxylation sites is 1. The maximum Gasteiger partial charge on any atom is 0.253 e. The maximum atomic E-state index is 13.2. The molecule has 5 nitrogen and oxygen atoms in total. The maximum absolute atomic E-state index is 13.2. The third-order valence-corrected chi connectivity index (χ3v) is 6.38. The highest BCUT2D eigenvalue weighted by atomic mass is 35.5. The van der Waals surface area contributed by atoms with Gasteiger partial charge in [-0.15, -0.1) is 24.8 Å². The first kappa shape index (κ1) is 24.5. The summed E-state index contributed by atoms with van der Waals surface area (Å²) in [7, 11) is 2.21. The first-order valence-corrected chi connectivity index (χ1v) is 10.2. The average Bonchev–Trinajstić information content (AvgIpc) is 2.88. The summed E-state index contributed by atoms with van der Waals surface area (Å²) < 4.78 is 0. The van der Waals surface area contributed by atoms with Crippen molar-refractivity contribution in [3.05, 3.63) is 54.1 Å². The van der Waals surface area contributed by atoms with Crippen LogP contribution in [0.1, 0.15) is 29.6 Å². The Kier molecular flexibility index (Phi) is 8.56. The van der Waals surface area contributed by atoms with Crippen molar-refractivity contribution in [3.63, 3.8) is 0 Å². The van der Waals surface area contributed by atoms with E-state index in [9.17, 15) is 9.90 Å². The molecule has 2 aliphatic rings. The molecule has 2 aromatic carbocycles. The van der Waals surface area contributed by atoms with Crippen LogP contribution in [-0.2, 0) is 0 Å². The molecule has 0 atom stereocenters. The number of likely N-dealkylation sites (N-methyl/N-ethyl adjacent to an activating group) is 1. The molecule has 2 N–H and O–H groups in total. The molecule has 2 heterocycles. The predicted molar refractivity (Wildman–Crippen MR) is 126 cm³/mol. The second kappa shape index (κ2) is 10.5. The predicted octanol–water partition coefficient (Wildman–Crippen LogP) is 3.80. The lowest BCUT2D eigenvalue weighted by Crippen LogP contribution is -2.58. The number of benzene rings is 2. The zero-order valence-electron chi connectivity index (χ0n) is 17.3. The number of aromatic hydroxyl groups is 1. The molecule has 0 radical (unpaired) electrons. The van der Waals surface area contributed by atoms with Crippen LogP contribution in [0.25, 0.3) is 11.1 Å². The number of phenols is 1. The van der Waals surface area contributed by atoms with Gasteiger partial charge in [0.05, 0.1) is 0 Å². The Labute approximate surface area is 191 Å². The zero-order chi connectivity index (χ0) is 19.6. The molecule has 2 saturated heterocycles. The van der Waals surface area contributed by atoms with Gasteiger partial charge < -0.3 is 15.3 Å². The summed E-state index contributed by atoms with van der Waals surface area (Å²) in [6.07, 6.45) is 3.17. The number of hydrogen-bond acceptors (Lipinski definition) is 4. The number of amides is 1. The summed E-state index contributed by atoms with van der Waals surface area (Å²) in [4.78, 5) is 17.8. The Hall–Kier alpha value is -1.79. The first-order valence-electron chi connectivity index (χ1n) is 10.2. The Balaban J connectivity index is 0.00000160. The standard InChI is InChI=1S/C23H29N3O2.2ClH/c1-25-15-4-16-26(17-23(25)11-13-24-14-12-23)22(28)19-9-7-18(8-10-19)20-5-2-3-6-21(20)27;;/h2-3,5-10,24,27H,4,11-17H2,1H3;2*1H. The lowest BCUT2D eigenvalue weighted by atomic mass is 9.86. The van der Waals surface area contributed by atoms with E-state index in [1.54, 1.807) is 6.07 Å². The molecule has 4 rings (SSSR count). The quantitative estimate of drug-likeness (QED) is 0.728. The molecule has 0 bridgehead atoms. The van der Waals surface area contributed by atoms with Gasteiger partial charge in [-0.05, 0) is 63.2 Å². The number of phenolic OH excluding ortho intramolecular Hbond substituents is 1. The minimum absolute atomic E-state index is 0. The van der Waals surface area contributed by atoms with Gasteiger partial charge >= 0.3 is 0 Å². The van der Waals surface area contributed by atoms with Crippen LogP contribution in [-0.4, -0.2) is 66.1 Å². The molecule has 164 valence electrons. The average molecular weight is 452 g/mol. The monoisotopic (exact) mass is 451 g/mol. The minimum Gasteiger partial charge on any atom is -0.507 e. The molecule has 1 amide bonds. The van der Waals surface area contributed by atoms with Crippen molar-refractivity contribution in [2.75, 3.05) is 39.8 Å². The van der Waals surface area contributed by atoms with E-state index >= 15 is 0 Å². The van der Waals surface area contributed by atoms with E-state index in [1.807, 2.05) is 47.4 Å². The third kappa shape index (κ3) is 4.92. The summed E-state index contributed by atoms with van der Waals surface area (Å²) in [5, 5.41) is 13.5. The molecular formula is C23H31Cl2N3O2. The van der Waals surface area contributed by atoms with Crippen LogP contribution in [0.3, 0.4) is 0 Å². The normalized spacial score (nSPS) is 18.8. The lowest BCUT2D eigenvalue weighted by molar-refractivity contribution is 0.0507. The fraction of sp³-hybridized carbons (Fsp3) is 0.435. The van der Waals surface area contributed by atoms with E-state index in [4.69, 9.17) is 0 Å². The summed E-state index contributed by atoms with van der Waals surface area (Å²) >= 11 is 0. The SMILES string of the molecule is CN1CCCN(C(=O)c2ccc(-c3ccccc3O)cc2)CC12CCNCC2.Cl.Cl. The molecule has 2 aliphatic heterocycles. The van der Waals surface area contributed by atoms with Crippen LogP contribution in [0.4, 0.5) is 0 Å². The number of rotatable bonds is 2. The van der Waals surface area contributed by atoms with E-state index in [0.717, 1.165) is 63.1 Å². The zero-order valence-corrected chi connectivity index (χ0v) is 19.0. The Morgan fingerprint density at radius 3 is 2.33 bits per heavy atom. The van der Waals surface area contributed by atoms with Crippen molar-refractivity contribution in [2.24, 2.45) is 0 Å². The van der Waals surface area contributed by atoms with Gasteiger partial charge in [0.1, 0.15) is 5.75 Å². The van der Waals surface area contributed by atoms with Crippen molar-refractivity contribution >= 4 is 30.7 Å². The number of nitrogens with one attached hydrogen (secondary N) is 1. The van der Waals surface area contributed by atoms with Gasteiger partial charge in [0, 0.05) is 36.3 Å². The van der Waals surface area contributed by atoms with E-state index in [-0.39, 0.29) is 42.0 Å². The molecule has 7 heteroatoms. The number of piperidine rings is 1. The summed E-state index contributed by atoms with van der Waals surface area (Å²) in [5.41, 5.74) is 2.51. The number of carbonyl (C=O) groups is 1. The van der Waals surface area contributed by atoms with E-state index in [0.29, 0.717) is 5.56 Å².